The fourth-order valence-electron chi connectivity index (χ4n) is 0. The zero-order valence-corrected chi connectivity index (χ0v) is 16.7. The van der Waals surface area contributed by atoms with Crippen molar-refractivity contribution < 1.29 is 68.9 Å². The summed E-state index contributed by atoms with van der Waals surface area (Å²) in [5, 5.41) is 0. The average molecular weight is 475 g/mol. The summed E-state index contributed by atoms with van der Waals surface area (Å²) in [5.41, 5.74) is 0. The minimum atomic E-state index is 0. The molecule has 0 atom stereocenters. The zero-order valence-electron chi connectivity index (χ0n) is 11.9. The summed E-state index contributed by atoms with van der Waals surface area (Å²) >= 11 is 0. The van der Waals surface area contributed by atoms with Crippen LogP contribution in [0, 0.1) is 76.3 Å². The maximum atomic E-state index is 2.00. The largest absolute Gasteiger partial charge is 0.358 e. The maximum Gasteiger partial charge on any atom is 0 e. The fraction of sp³-hybridized carbons (Fsp3) is 0.923. The topological polar surface area (TPSA) is 0 Å². The van der Waals surface area contributed by atoms with Crippen molar-refractivity contribution in [1.29, 1.82) is 0 Å². The van der Waals surface area contributed by atoms with E-state index >= 15 is 0 Å². The van der Waals surface area contributed by atoms with E-state index < -0.39 is 0 Å². The van der Waals surface area contributed by atoms with Crippen molar-refractivity contribution >= 4 is 0 Å². The van der Waals surface area contributed by atoms with Gasteiger partial charge in [-0.1, -0.05) is 84.1 Å². The van der Waals surface area contributed by atoms with Crippen LogP contribution in [0.25, 0.3) is 0 Å². The first-order valence-corrected chi connectivity index (χ1v) is 5.00. The molecule has 0 saturated carbocycles. The molecule has 0 radical (unpaired) electrons. The molecule has 0 heterocycles. The number of rotatable bonds is 0. The molecule has 106 valence electrons. The van der Waals surface area contributed by atoms with E-state index in [1.165, 1.54) is 0 Å². The van der Waals surface area contributed by atoms with Crippen molar-refractivity contribution in [2.75, 3.05) is 0 Å². The van der Waals surface area contributed by atoms with E-state index in [1.54, 1.807) is 0 Å². The van der Waals surface area contributed by atoms with Gasteiger partial charge in [-0.15, -0.1) is 0 Å². The van der Waals surface area contributed by atoms with Gasteiger partial charge in [-0.05, 0) is 0 Å². The van der Waals surface area contributed by atoms with Crippen LogP contribution in [0.2, 0.25) is 0 Å². The fourth-order valence-corrected chi connectivity index (χ4v) is 0. The van der Waals surface area contributed by atoms with Crippen molar-refractivity contribution in [3.63, 3.8) is 0 Å². The Balaban J connectivity index is -0.00000000240. The first-order valence-electron chi connectivity index (χ1n) is 5.00. The average Bonchev–Trinajstić information content (AvgIpc) is 2.20. The van der Waals surface area contributed by atoms with Crippen molar-refractivity contribution in [3.8, 4) is 0 Å². The number of hydrogen-bond acceptors (Lipinski definition) is 0. The first-order chi connectivity index (χ1) is 5.00. The molecule has 0 bridgehead atoms. The molecule has 0 spiro atoms. The number of hydrogen-bond donors (Lipinski definition) is 0. The van der Waals surface area contributed by atoms with Crippen LogP contribution in [0.5, 0.6) is 0 Å². The Hall–Kier alpha value is 2.31. The summed E-state index contributed by atoms with van der Waals surface area (Å²) in [6.45, 7) is 20.0. The van der Waals surface area contributed by atoms with E-state index in [-0.39, 0.29) is 91.1 Å². The van der Waals surface area contributed by atoms with Gasteiger partial charge in [-0.25, -0.2) is 0 Å². The van der Waals surface area contributed by atoms with Crippen molar-refractivity contribution in [2.24, 2.45) is 0 Å². The second kappa shape index (κ2) is 716. The van der Waals surface area contributed by atoms with Gasteiger partial charge in [0.25, 0.3) is 0 Å². The molecular formula is C13H41ArU-. The molecule has 0 nitrogen and oxygen atoms in total. The van der Waals surface area contributed by atoms with E-state index in [0.29, 0.717) is 0 Å². The minimum absolute atomic E-state index is 0. The van der Waals surface area contributed by atoms with Gasteiger partial charge in [0.2, 0.25) is 0 Å². The van der Waals surface area contributed by atoms with Crippen molar-refractivity contribution in [3.05, 3.63) is 7.43 Å². The molecule has 0 amide bonds. The minimum Gasteiger partial charge on any atom is -0.358 e. The summed E-state index contributed by atoms with van der Waals surface area (Å²) in [5.74, 6) is 0. The Bertz CT molecular complexity index is 10.5. The third-order valence-electron chi connectivity index (χ3n) is 0. The molecule has 0 aromatic heterocycles. The van der Waals surface area contributed by atoms with Crippen LogP contribution in [0.4, 0.5) is 0 Å². The second-order valence-electron chi connectivity index (χ2n) is 0. The molecule has 0 aromatic rings. The van der Waals surface area contributed by atoms with Crippen LogP contribution in [0.3, 0.4) is 0 Å². The smallest absolute Gasteiger partial charge is 0 e. The zero-order chi connectivity index (χ0) is 10.0. The molecule has 2 heteroatoms. The van der Waals surface area contributed by atoms with E-state index in [0.717, 1.165) is 0 Å². The van der Waals surface area contributed by atoms with Crippen LogP contribution in [-0.4, -0.2) is 0 Å². The van der Waals surface area contributed by atoms with Gasteiger partial charge in [-0.2, -0.15) is 0 Å². The summed E-state index contributed by atoms with van der Waals surface area (Å²) in [7, 11) is 0. The Kier molecular flexibility index (Phi) is 4110. The monoisotopic (exact) mass is 475 g/mol. The van der Waals surface area contributed by atoms with Crippen molar-refractivity contribution in [2.45, 2.75) is 84.1 Å². The van der Waals surface area contributed by atoms with Gasteiger partial charge in [0.1, 0.15) is 0 Å². The van der Waals surface area contributed by atoms with Gasteiger partial charge >= 0.3 is 0 Å². The van der Waals surface area contributed by atoms with Gasteiger partial charge < -0.3 is 7.43 Å². The summed E-state index contributed by atoms with van der Waals surface area (Å²) < 4.78 is 0. The van der Waals surface area contributed by atoms with Crippen LogP contribution in [0.15, 0.2) is 0 Å². The summed E-state index contributed by atoms with van der Waals surface area (Å²) in [6, 6.07) is 0. The third kappa shape index (κ3) is 625. The molecule has 0 fully saturated rings. The molecule has 0 unspecified atom stereocenters. The second-order valence-corrected chi connectivity index (χ2v) is 0. The van der Waals surface area contributed by atoms with E-state index in [9.17, 15) is 0 Å². The quantitative estimate of drug-likeness (QED) is 0.336. The molecule has 15 heavy (non-hydrogen) atoms. The van der Waals surface area contributed by atoms with Gasteiger partial charge in [-0.3, -0.25) is 0 Å². The summed E-state index contributed by atoms with van der Waals surface area (Å²) in [6.07, 6.45) is 0. The molecule has 0 rings (SSSR count). The molecular weight excluding hydrogens is 434 g/mol. The van der Waals surface area contributed by atoms with Crippen LogP contribution < -0.4 is 0 Å². The van der Waals surface area contributed by atoms with Crippen molar-refractivity contribution in [1.82, 2.24) is 0 Å². The molecule has 0 aliphatic carbocycles. The SMILES string of the molecule is C.C.CC.CC.CC.CC.CC.[Ar].[CH3-].[U]. The maximum absolute atomic E-state index is 2.00. The predicted octanol–water partition coefficient (Wildman–Crippen LogP) is 6.85. The van der Waals surface area contributed by atoms with Crippen LogP contribution in [-0.2, 0) is 0 Å². The van der Waals surface area contributed by atoms with Gasteiger partial charge in [0.05, 0.1) is 0 Å². The molecule has 0 aromatic carbocycles. The van der Waals surface area contributed by atoms with E-state index in [2.05, 4.69) is 0 Å². The molecule has 0 aliphatic heterocycles. The van der Waals surface area contributed by atoms with E-state index in [4.69, 9.17) is 0 Å². The van der Waals surface area contributed by atoms with Crippen LogP contribution >= 0.6 is 0 Å². The Morgan fingerprint density at radius 1 is 0.400 bits per heavy atom. The molecule has 0 saturated heterocycles. The van der Waals surface area contributed by atoms with E-state index in [1.807, 2.05) is 69.2 Å². The third-order valence-corrected chi connectivity index (χ3v) is 0. The normalized spacial score (nSPS) is 2.00. The Morgan fingerprint density at radius 2 is 0.400 bits per heavy atom. The first kappa shape index (κ1) is 86.2. The predicted molar refractivity (Wildman–Crippen MR) is 76.6 cm³/mol. The Labute approximate surface area is 158 Å². The summed E-state index contributed by atoms with van der Waals surface area (Å²) in [4.78, 5) is 0. The Morgan fingerprint density at radius 3 is 0.400 bits per heavy atom. The molecule has 0 aliphatic rings. The van der Waals surface area contributed by atoms with Gasteiger partial charge in [0.15, 0.2) is 0 Å². The van der Waals surface area contributed by atoms with Crippen LogP contribution in [0.1, 0.15) is 84.1 Å². The standard InChI is InChI=1S/5C2H6.2CH4.CH3.Ar.U/c5*1-2;;;;;/h5*1-2H3;2*1H4;1H3;;/q;;;;;;;-1;;. The van der Waals surface area contributed by atoms with Gasteiger partial charge in [0, 0.05) is 68.9 Å². The molecule has 0 N–H and O–H groups in total.